The second-order valence-corrected chi connectivity index (χ2v) is 1.55. The zero-order chi connectivity index (χ0) is 5.66. The van der Waals surface area contributed by atoms with E-state index in [1.807, 2.05) is 0 Å². The molecule has 8 heavy (non-hydrogen) atoms. The lowest BCUT2D eigenvalue weighted by Gasteiger charge is -1.95. The van der Waals surface area contributed by atoms with E-state index in [1.54, 1.807) is 11.9 Å². The van der Waals surface area contributed by atoms with E-state index in [-0.39, 0.29) is 0 Å². The lowest BCUT2D eigenvalue weighted by atomic mass is 10.7. The third kappa shape index (κ3) is 2.04. The maximum Gasteiger partial charge on any atom is 0.133 e. The van der Waals surface area contributed by atoms with Gasteiger partial charge >= 0.3 is 0 Å². The van der Waals surface area contributed by atoms with Crippen LogP contribution >= 0.6 is 8.43 Å². The average Bonchev–Trinajstić information content (AvgIpc) is 1.62. The Bertz CT molecular complexity index is 95.9. The fraction of sp³-hybridized carbons (Fsp3) is 0. The number of allylic oxidation sites excluding steroid dienone is 1. The van der Waals surface area contributed by atoms with E-state index in [9.17, 15) is 0 Å². The summed E-state index contributed by atoms with van der Waals surface area (Å²) >= 11 is 0. The summed E-state index contributed by atoms with van der Waals surface area (Å²) in [5, 5.41) is 7.90. The second-order valence-electron chi connectivity index (χ2n) is 0.890. The van der Waals surface area contributed by atoms with Gasteiger partial charge in [0.25, 0.3) is 0 Å². The van der Waals surface area contributed by atoms with Crippen molar-refractivity contribution in [3.63, 3.8) is 0 Å². The van der Waals surface area contributed by atoms with Gasteiger partial charge in [0.15, 0.2) is 0 Å². The summed E-state index contributed by atoms with van der Waals surface area (Å²) < 4.78 is 4.29. The van der Waals surface area contributed by atoms with E-state index in [2.05, 4.69) is 19.6 Å². The van der Waals surface area contributed by atoms with Crippen molar-refractivity contribution in [3.05, 3.63) is 12.3 Å². The highest BCUT2D eigenvalue weighted by atomic mass is 31.1. The molecule has 0 unspecified atom stereocenters. The largest absolute Gasteiger partial charge is 0.314 e. The Morgan fingerprint density at radius 2 is 2.25 bits per heavy atom. The van der Waals surface area contributed by atoms with Crippen LogP contribution in [0.25, 0.3) is 0 Å². The molecule has 1 aliphatic rings. The lowest BCUT2D eigenvalue weighted by Crippen LogP contribution is -1.88. The maximum absolute atomic E-state index is 4.29. The predicted octanol–water partition coefficient (Wildman–Crippen LogP) is 0.988. The molecular formula is C3H3O4P. The Morgan fingerprint density at radius 3 is 3.25 bits per heavy atom. The second kappa shape index (κ2) is 3.57. The molecule has 1 rings (SSSR count). The normalized spacial score (nSPS) is 25.0. The van der Waals surface area contributed by atoms with Gasteiger partial charge < -0.3 is 4.89 Å². The van der Waals surface area contributed by atoms with Crippen molar-refractivity contribution < 1.29 is 19.6 Å². The van der Waals surface area contributed by atoms with E-state index in [1.165, 1.54) is 6.26 Å². The molecular weight excluding hydrogens is 131 g/mol. The molecule has 1 heterocycles. The molecule has 0 aromatic heterocycles. The summed E-state index contributed by atoms with van der Waals surface area (Å²) in [6.45, 7) is 0. The van der Waals surface area contributed by atoms with Crippen molar-refractivity contribution in [3.8, 4) is 0 Å². The zero-order valence-corrected chi connectivity index (χ0v) is 4.71. The molecule has 0 aromatic carbocycles. The Balaban J connectivity index is 2.33. The summed E-state index contributed by atoms with van der Waals surface area (Å²) in [6.07, 6.45) is 2.96. The first-order chi connectivity index (χ1) is 4.00. The molecule has 0 fully saturated rings. The maximum atomic E-state index is 4.29. The van der Waals surface area contributed by atoms with Crippen molar-refractivity contribution in [1.82, 2.24) is 0 Å². The Kier molecular flexibility index (Phi) is 2.56. The van der Waals surface area contributed by atoms with E-state index in [4.69, 9.17) is 0 Å². The van der Waals surface area contributed by atoms with Gasteiger partial charge in [0, 0.05) is 5.04 Å². The highest BCUT2D eigenvalue weighted by Crippen LogP contribution is 2.01. The van der Waals surface area contributed by atoms with Crippen molar-refractivity contribution in [1.29, 1.82) is 0 Å². The van der Waals surface area contributed by atoms with Crippen molar-refractivity contribution in [2.75, 3.05) is 0 Å². The molecule has 0 radical (unpaired) electrons. The van der Waals surface area contributed by atoms with Gasteiger partial charge in [0.1, 0.15) is 14.7 Å². The van der Waals surface area contributed by atoms with Crippen LogP contribution in [0.1, 0.15) is 0 Å². The van der Waals surface area contributed by atoms with E-state index in [0.29, 0.717) is 8.43 Å². The summed E-state index contributed by atoms with van der Waals surface area (Å²) in [6, 6.07) is 0. The molecule has 0 atom stereocenters. The fourth-order valence-electron chi connectivity index (χ4n) is 0.196. The first-order valence-electron chi connectivity index (χ1n) is 1.84. The highest BCUT2D eigenvalue weighted by Gasteiger charge is 1.85. The minimum atomic E-state index is 0.571. The topological polar surface area (TPSA) is 36.9 Å². The molecule has 0 saturated carbocycles. The van der Waals surface area contributed by atoms with Crippen molar-refractivity contribution in [2.45, 2.75) is 0 Å². The van der Waals surface area contributed by atoms with Crippen LogP contribution in [0.5, 0.6) is 0 Å². The lowest BCUT2D eigenvalue weighted by molar-refractivity contribution is -0.590. The van der Waals surface area contributed by atoms with Gasteiger partial charge in [0.05, 0.1) is 0 Å². The first-order valence-corrected chi connectivity index (χ1v) is 2.72. The molecule has 0 amide bonds. The molecule has 0 bridgehead atoms. The quantitative estimate of drug-likeness (QED) is 0.365. The van der Waals surface area contributed by atoms with Gasteiger partial charge in [0.2, 0.25) is 0 Å². The van der Waals surface area contributed by atoms with Crippen LogP contribution in [0.15, 0.2) is 12.3 Å². The SMILES string of the molecule is C1=POOOO/C=C\1. The number of hydrogen-bond donors (Lipinski definition) is 0. The molecule has 0 saturated heterocycles. The fourth-order valence-corrected chi connectivity index (χ4v) is 0.446. The zero-order valence-electron chi connectivity index (χ0n) is 3.81. The highest BCUT2D eigenvalue weighted by molar-refractivity contribution is 7.33. The van der Waals surface area contributed by atoms with Crippen LogP contribution < -0.4 is 0 Å². The summed E-state index contributed by atoms with van der Waals surface area (Å²) in [7, 11) is 0.571. The van der Waals surface area contributed by atoms with Crippen LogP contribution in [0.3, 0.4) is 0 Å². The van der Waals surface area contributed by atoms with E-state index < -0.39 is 0 Å². The van der Waals surface area contributed by atoms with Crippen LogP contribution in [-0.2, 0) is 19.6 Å². The molecule has 1 aliphatic heterocycles. The van der Waals surface area contributed by atoms with Gasteiger partial charge in [-0.3, -0.25) is 0 Å². The average molecular weight is 134 g/mol. The van der Waals surface area contributed by atoms with Crippen LogP contribution in [0.2, 0.25) is 0 Å². The summed E-state index contributed by atoms with van der Waals surface area (Å²) in [4.78, 5) is 4.21. The first kappa shape index (κ1) is 5.72. The third-order valence-electron chi connectivity index (χ3n) is 0.422. The molecule has 0 spiro atoms. The van der Waals surface area contributed by atoms with Crippen LogP contribution in [-0.4, -0.2) is 5.80 Å². The van der Waals surface area contributed by atoms with Gasteiger partial charge in [-0.2, -0.15) is 0 Å². The van der Waals surface area contributed by atoms with Crippen LogP contribution in [0.4, 0.5) is 0 Å². The molecule has 4 nitrogen and oxygen atoms in total. The van der Waals surface area contributed by atoms with E-state index >= 15 is 0 Å². The van der Waals surface area contributed by atoms with E-state index in [0.717, 1.165) is 0 Å². The standard InChI is InChI=1S/C3H3O4P/c1-2-4-5-6-7-8-3-1/h1-3H/b2-1-. The van der Waals surface area contributed by atoms with Gasteiger partial charge in [-0.15, -0.1) is 4.67 Å². The summed E-state index contributed by atoms with van der Waals surface area (Å²) in [5.74, 6) is 1.68. The van der Waals surface area contributed by atoms with Gasteiger partial charge in [-0.05, 0) is 16.9 Å². The van der Waals surface area contributed by atoms with Crippen molar-refractivity contribution >= 4 is 14.2 Å². The number of hydrogen-bond acceptors (Lipinski definition) is 4. The third-order valence-corrected chi connectivity index (χ3v) is 0.862. The molecule has 44 valence electrons. The number of rotatable bonds is 0. The Hall–Kier alpha value is -0.410. The molecule has 0 aliphatic carbocycles. The minimum Gasteiger partial charge on any atom is -0.314 e. The predicted molar refractivity (Wildman–Crippen MR) is 26.5 cm³/mol. The molecule has 5 heteroatoms. The summed E-state index contributed by atoms with van der Waals surface area (Å²) in [5.41, 5.74) is 0. The minimum absolute atomic E-state index is 0.571. The monoisotopic (exact) mass is 134 g/mol. The Labute approximate surface area is 47.3 Å². The van der Waals surface area contributed by atoms with Crippen molar-refractivity contribution in [2.24, 2.45) is 0 Å². The smallest absolute Gasteiger partial charge is 0.133 e. The van der Waals surface area contributed by atoms with Gasteiger partial charge in [-0.1, -0.05) is 0 Å². The molecule has 0 N–H and O–H groups in total. The van der Waals surface area contributed by atoms with Gasteiger partial charge in [-0.25, -0.2) is 0 Å². The van der Waals surface area contributed by atoms with Crippen LogP contribution in [0, 0.1) is 0 Å². The molecule has 0 aromatic rings. The Morgan fingerprint density at radius 1 is 1.25 bits per heavy atom.